The van der Waals surface area contributed by atoms with Crippen LogP contribution in [0.1, 0.15) is 38.5 Å². The second kappa shape index (κ2) is 7.22. The van der Waals surface area contributed by atoms with Gasteiger partial charge in [-0.1, -0.05) is 0 Å². The Hall–Kier alpha value is -0.650. The lowest BCUT2D eigenvalue weighted by Gasteiger charge is -2.36. The third-order valence-electron chi connectivity index (χ3n) is 4.40. The van der Waals surface area contributed by atoms with E-state index in [1.54, 1.807) is 0 Å². The fourth-order valence-electron chi connectivity index (χ4n) is 2.95. The first-order valence-corrected chi connectivity index (χ1v) is 7.44. The van der Waals surface area contributed by atoms with Crippen LogP contribution in [0.2, 0.25) is 0 Å². The number of hydrogen-bond acceptors (Lipinski definition) is 4. The number of rotatable bonds is 5. The summed E-state index contributed by atoms with van der Waals surface area (Å²) < 4.78 is 5.29. The van der Waals surface area contributed by atoms with E-state index in [2.05, 4.69) is 10.6 Å². The normalized spacial score (nSPS) is 24.1. The van der Waals surface area contributed by atoms with Crippen molar-refractivity contribution < 1.29 is 14.6 Å². The first-order chi connectivity index (χ1) is 9.24. The van der Waals surface area contributed by atoms with Gasteiger partial charge in [0.15, 0.2) is 0 Å². The van der Waals surface area contributed by atoms with E-state index in [0.717, 1.165) is 19.5 Å². The summed E-state index contributed by atoms with van der Waals surface area (Å²) in [6.07, 6.45) is 5.31. The van der Waals surface area contributed by atoms with Crippen molar-refractivity contribution in [3.05, 3.63) is 0 Å². The number of carbonyl (C=O) groups is 1. The van der Waals surface area contributed by atoms with E-state index in [0.29, 0.717) is 38.4 Å². The first-order valence-electron chi connectivity index (χ1n) is 7.44. The van der Waals surface area contributed by atoms with Crippen LogP contribution in [0.15, 0.2) is 0 Å². The Morgan fingerprint density at radius 3 is 2.63 bits per heavy atom. The predicted octanol–water partition coefficient (Wildman–Crippen LogP) is 0.424. The summed E-state index contributed by atoms with van der Waals surface area (Å²) in [5, 5.41) is 15.9. The molecule has 0 aromatic rings. The van der Waals surface area contributed by atoms with E-state index in [-0.39, 0.29) is 12.5 Å². The summed E-state index contributed by atoms with van der Waals surface area (Å²) in [7, 11) is 0. The molecule has 19 heavy (non-hydrogen) atoms. The van der Waals surface area contributed by atoms with Crippen LogP contribution >= 0.6 is 0 Å². The predicted molar refractivity (Wildman–Crippen MR) is 72.8 cm³/mol. The minimum Gasteiger partial charge on any atom is -0.394 e. The van der Waals surface area contributed by atoms with E-state index >= 15 is 0 Å². The topological polar surface area (TPSA) is 70.6 Å². The van der Waals surface area contributed by atoms with Gasteiger partial charge in [-0.3, -0.25) is 4.79 Å². The number of hydrogen-bond donors (Lipinski definition) is 3. The van der Waals surface area contributed by atoms with Gasteiger partial charge in [0.1, 0.15) is 0 Å². The van der Waals surface area contributed by atoms with Crippen molar-refractivity contribution in [1.82, 2.24) is 10.6 Å². The highest BCUT2D eigenvalue weighted by Crippen LogP contribution is 2.22. The maximum Gasteiger partial charge on any atom is 0.220 e. The number of amides is 1. The smallest absolute Gasteiger partial charge is 0.220 e. The summed E-state index contributed by atoms with van der Waals surface area (Å²) in [4.78, 5) is 12.0. The third kappa shape index (κ3) is 4.44. The summed E-state index contributed by atoms with van der Waals surface area (Å²) in [6, 6.07) is 0. The van der Waals surface area contributed by atoms with E-state index in [9.17, 15) is 9.90 Å². The molecule has 0 spiro atoms. The van der Waals surface area contributed by atoms with Gasteiger partial charge in [0, 0.05) is 19.6 Å². The Morgan fingerprint density at radius 1 is 1.32 bits per heavy atom. The zero-order valence-corrected chi connectivity index (χ0v) is 11.6. The Labute approximate surface area is 115 Å². The Bertz CT molecular complexity index is 284. The standard InChI is InChI=1S/C14H26N2O3/c17-11-14(5-9-19-10-6-14)16-13(18)2-1-12-3-7-15-8-4-12/h12,15,17H,1-11H2,(H,16,18). The summed E-state index contributed by atoms with van der Waals surface area (Å²) in [5.74, 6) is 0.751. The molecule has 3 N–H and O–H groups in total. The lowest BCUT2D eigenvalue weighted by Crippen LogP contribution is -2.54. The van der Waals surface area contributed by atoms with Gasteiger partial charge >= 0.3 is 0 Å². The van der Waals surface area contributed by atoms with Gasteiger partial charge in [-0.05, 0) is 51.1 Å². The summed E-state index contributed by atoms with van der Waals surface area (Å²) >= 11 is 0. The quantitative estimate of drug-likeness (QED) is 0.677. The van der Waals surface area contributed by atoms with Crippen molar-refractivity contribution in [2.24, 2.45) is 5.92 Å². The van der Waals surface area contributed by atoms with E-state index in [4.69, 9.17) is 4.74 Å². The zero-order valence-electron chi connectivity index (χ0n) is 11.6. The minimum atomic E-state index is -0.441. The fraction of sp³-hybridized carbons (Fsp3) is 0.929. The molecule has 2 saturated heterocycles. The van der Waals surface area contributed by atoms with Gasteiger partial charge in [-0.15, -0.1) is 0 Å². The molecule has 0 aromatic heterocycles. The Balaban J connectivity index is 1.72. The van der Waals surface area contributed by atoms with Crippen LogP contribution in [0.3, 0.4) is 0 Å². The lowest BCUT2D eigenvalue weighted by molar-refractivity contribution is -0.125. The molecule has 5 heteroatoms. The summed E-state index contributed by atoms with van der Waals surface area (Å²) in [5.41, 5.74) is -0.441. The second-order valence-corrected chi connectivity index (χ2v) is 5.83. The fourth-order valence-corrected chi connectivity index (χ4v) is 2.95. The van der Waals surface area contributed by atoms with Crippen molar-refractivity contribution in [3.63, 3.8) is 0 Å². The van der Waals surface area contributed by atoms with Crippen LogP contribution in [0, 0.1) is 5.92 Å². The molecule has 0 bridgehead atoms. The number of nitrogens with one attached hydrogen (secondary N) is 2. The van der Waals surface area contributed by atoms with Gasteiger partial charge in [-0.25, -0.2) is 0 Å². The van der Waals surface area contributed by atoms with Gasteiger partial charge < -0.3 is 20.5 Å². The van der Waals surface area contributed by atoms with Crippen molar-refractivity contribution >= 4 is 5.91 Å². The molecule has 2 aliphatic rings. The number of aliphatic hydroxyl groups is 1. The van der Waals surface area contributed by atoms with Crippen LogP contribution in [0.5, 0.6) is 0 Å². The molecule has 0 aliphatic carbocycles. The van der Waals surface area contributed by atoms with Crippen LogP contribution in [0.25, 0.3) is 0 Å². The van der Waals surface area contributed by atoms with Crippen LogP contribution in [0.4, 0.5) is 0 Å². The molecule has 2 heterocycles. The largest absolute Gasteiger partial charge is 0.394 e. The number of aliphatic hydroxyl groups excluding tert-OH is 1. The molecule has 0 unspecified atom stereocenters. The molecule has 2 aliphatic heterocycles. The molecule has 0 radical (unpaired) electrons. The van der Waals surface area contributed by atoms with E-state index in [1.165, 1.54) is 12.8 Å². The number of piperidine rings is 1. The zero-order chi connectivity index (χ0) is 13.6. The second-order valence-electron chi connectivity index (χ2n) is 5.83. The molecule has 5 nitrogen and oxygen atoms in total. The van der Waals surface area contributed by atoms with Crippen molar-refractivity contribution in [2.45, 2.75) is 44.1 Å². The van der Waals surface area contributed by atoms with E-state index < -0.39 is 5.54 Å². The SMILES string of the molecule is O=C(CCC1CCNCC1)NC1(CO)CCOCC1. The molecule has 2 rings (SSSR count). The van der Waals surface area contributed by atoms with Crippen molar-refractivity contribution in [2.75, 3.05) is 32.9 Å². The van der Waals surface area contributed by atoms with Crippen LogP contribution in [-0.2, 0) is 9.53 Å². The lowest BCUT2D eigenvalue weighted by atomic mass is 9.89. The maximum atomic E-state index is 12.0. The first kappa shape index (κ1) is 14.8. The van der Waals surface area contributed by atoms with Gasteiger partial charge in [-0.2, -0.15) is 0 Å². The average molecular weight is 270 g/mol. The Kier molecular flexibility index (Phi) is 5.60. The highest BCUT2D eigenvalue weighted by atomic mass is 16.5. The Morgan fingerprint density at radius 2 is 2.00 bits per heavy atom. The van der Waals surface area contributed by atoms with E-state index in [1.807, 2.05) is 0 Å². The number of carbonyl (C=O) groups excluding carboxylic acids is 1. The molecule has 0 atom stereocenters. The highest BCUT2D eigenvalue weighted by molar-refractivity contribution is 5.76. The molecule has 110 valence electrons. The molecule has 0 aromatic carbocycles. The van der Waals surface area contributed by atoms with Crippen LogP contribution in [-0.4, -0.2) is 49.5 Å². The molecule has 0 saturated carbocycles. The molecule has 2 fully saturated rings. The van der Waals surface area contributed by atoms with Gasteiger partial charge in [0.2, 0.25) is 5.91 Å². The van der Waals surface area contributed by atoms with Crippen molar-refractivity contribution in [1.29, 1.82) is 0 Å². The summed E-state index contributed by atoms with van der Waals surface area (Å²) in [6.45, 7) is 3.40. The highest BCUT2D eigenvalue weighted by Gasteiger charge is 2.33. The molecule has 1 amide bonds. The third-order valence-corrected chi connectivity index (χ3v) is 4.40. The maximum absolute atomic E-state index is 12.0. The molecular formula is C14H26N2O3. The van der Waals surface area contributed by atoms with Gasteiger partial charge in [0.25, 0.3) is 0 Å². The van der Waals surface area contributed by atoms with Crippen molar-refractivity contribution in [3.8, 4) is 0 Å². The van der Waals surface area contributed by atoms with Crippen LogP contribution < -0.4 is 10.6 Å². The minimum absolute atomic E-state index is 0.00937. The van der Waals surface area contributed by atoms with Gasteiger partial charge in [0.05, 0.1) is 12.1 Å². The monoisotopic (exact) mass is 270 g/mol. The average Bonchev–Trinajstić information content (AvgIpc) is 2.47. The number of ether oxygens (including phenoxy) is 1. The molecular weight excluding hydrogens is 244 g/mol.